The molecule has 2 bridgehead atoms. The lowest BCUT2D eigenvalue weighted by molar-refractivity contribution is 1.06. The molecule has 0 spiro atoms. The standard InChI is InChI=1S/C11H14SSi/c1-6-5-8-9(12-6)11-7(2)10(8)13(11,3)4/h5,10H,1-4H3. The molecule has 4 rings (SSSR count). The average Bonchev–Trinajstić information content (AvgIpc) is 2.46. The Balaban J connectivity index is 2.27. The maximum atomic E-state index is 2.52. The van der Waals surface area contributed by atoms with Gasteiger partial charge in [0.15, 0.2) is 0 Å². The summed E-state index contributed by atoms with van der Waals surface area (Å²) in [7, 11) is -0.995. The maximum Gasteiger partial charge on any atom is 0.0941 e. The number of aryl methyl sites for hydroxylation is 1. The highest BCUT2D eigenvalue weighted by Gasteiger charge is 2.55. The molecule has 3 heterocycles. The predicted molar refractivity (Wildman–Crippen MR) is 61.9 cm³/mol. The van der Waals surface area contributed by atoms with Crippen molar-refractivity contribution in [2.75, 3.05) is 0 Å². The van der Waals surface area contributed by atoms with Gasteiger partial charge >= 0.3 is 0 Å². The molecular formula is C11H14SSi. The molecule has 1 atom stereocenters. The fourth-order valence-electron chi connectivity index (χ4n) is 3.30. The van der Waals surface area contributed by atoms with Crippen molar-refractivity contribution in [2.45, 2.75) is 32.5 Å². The Morgan fingerprint density at radius 3 is 2.54 bits per heavy atom. The Kier molecular flexibility index (Phi) is 1.24. The molecule has 0 N–H and O–H groups in total. The molecule has 0 radical (unpaired) electrons. The molecule has 2 aliphatic heterocycles. The third-order valence-corrected chi connectivity index (χ3v) is 9.00. The Bertz CT molecular complexity index is 437. The first-order chi connectivity index (χ1) is 6.03. The van der Waals surface area contributed by atoms with Crippen LogP contribution in [0.5, 0.6) is 0 Å². The summed E-state index contributed by atoms with van der Waals surface area (Å²) >= 11 is 2.01. The molecule has 1 aromatic rings. The van der Waals surface area contributed by atoms with Crippen LogP contribution in [-0.4, -0.2) is 8.07 Å². The number of thiophene rings is 1. The fraction of sp³-hybridized carbons (Fsp3) is 0.455. The highest BCUT2D eigenvalue weighted by Crippen LogP contribution is 2.63. The third-order valence-electron chi connectivity index (χ3n) is 3.62. The van der Waals surface area contributed by atoms with Crippen molar-refractivity contribution < 1.29 is 0 Å². The Morgan fingerprint density at radius 2 is 2.00 bits per heavy atom. The number of allylic oxidation sites excluding steroid dienone is 1. The second-order valence-corrected chi connectivity index (χ2v) is 10.6. The molecule has 1 aromatic heterocycles. The molecule has 0 amide bonds. The van der Waals surface area contributed by atoms with E-state index in [2.05, 4.69) is 33.0 Å². The predicted octanol–water partition coefficient (Wildman–Crippen LogP) is 3.73. The summed E-state index contributed by atoms with van der Waals surface area (Å²) in [6, 6.07) is 2.42. The molecule has 1 aliphatic carbocycles. The van der Waals surface area contributed by atoms with Gasteiger partial charge in [0, 0.05) is 15.3 Å². The summed E-state index contributed by atoms with van der Waals surface area (Å²) in [5, 5.41) is 1.78. The SMILES string of the molecule is CC1=C2c3sc(C)cc3C1[Si]2(C)C. The molecule has 2 heteroatoms. The minimum Gasteiger partial charge on any atom is -0.141 e. The minimum absolute atomic E-state index is 0.877. The Morgan fingerprint density at radius 1 is 1.31 bits per heavy atom. The molecule has 3 aliphatic rings. The van der Waals surface area contributed by atoms with Crippen LogP contribution in [0.1, 0.15) is 27.8 Å². The second kappa shape index (κ2) is 2.01. The normalized spacial score (nSPS) is 27.5. The molecule has 0 saturated heterocycles. The number of hydrogen-bond acceptors (Lipinski definition) is 1. The quantitative estimate of drug-likeness (QED) is 0.567. The van der Waals surface area contributed by atoms with Crippen LogP contribution < -0.4 is 0 Å². The van der Waals surface area contributed by atoms with Crippen molar-refractivity contribution in [1.82, 2.24) is 0 Å². The van der Waals surface area contributed by atoms with Gasteiger partial charge in [0.2, 0.25) is 0 Å². The van der Waals surface area contributed by atoms with Crippen molar-refractivity contribution >= 4 is 24.6 Å². The maximum absolute atomic E-state index is 2.52. The van der Waals surface area contributed by atoms with Gasteiger partial charge in [-0.3, -0.25) is 0 Å². The van der Waals surface area contributed by atoms with Crippen molar-refractivity contribution in [2.24, 2.45) is 0 Å². The topological polar surface area (TPSA) is 0 Å². The summed E-state index contributed by atoms with van der Waals surface area (Å²) in [5.74, 6) is 0. The van der Waals surface area contributed by atoms with E-state index in [-0.39, 0.29) is 0 Å². The first-order valence-electron chi connectivity index (χ1n) is 4.85. The van der Waals surface area contributed by atoms with Crippen molar-refractivity contribution in [3.8, 4) is 0 Å². The fourth-order valence-corrected chi connectivity index (χ4v) is 9.59. The highest BCUT2D eigenvalue weighted by molar-refractivity contribution is 7.18. The number of hydrogen-bond donors (Lipinski definition) is 0. The van der Waals surface area contributed by atoms with E-state index in [9.17, 15) is 0 Å². The molecule has 13 heavy (non-hydrogen) atoms. The van der Waals surface area contributed by atoms with Gasteiger partial charge in [-0.25, -0.2) is 0 Å². The lowest BCUT2D eigenvalue weighted by atomic mass is 10.2. The van der Waals surface area contributed by atoms with E-state index in [1.54, 1.807) is 21.2 Å². The van der Waals surface area contributed by atoms with E-state index in [1.165, 1.54) is 4.88 Å². The monoisotopic (exact) mass is 206 g/mol. The van der Waals surface area contributed by atoms with Crippen LogP contribution in [0, 0.1) is 6.92 Å². The molecule has 1 unspecified atom stereocenters. The van der Waals surface area contributed by atoms with Gasteiger partial charge in [0.1, 0.15) is 0 Å². The van der Waals surface area contributed by atoms with Gasteiger partial charge in [-0.2, -0.15) is 0 Å². The molecule has 0 nitrogen and oxygen atoms in total. The highest BCUT2D eigenvalue weighted by atomic mass is 32.1. The van der Waals surface area contributed by atoms with Gasteiger partial charge in [-0.15, -0.1) is 11.3 Å². The molecule has 68 valence electrons. The molecule has 0 saturated carbocycles. The zero-order valence-electron chi connectivity index (χ0n) is 8.56. The summed E-state index contributed by atoms with van der Waals surface area (Å²) in [6.07, 6.45) is 0. The van der Waals surface area contributed by atoms with Crippen LogP contribution in [0.25, 0.3) is 5.20 Å². The average molecular weight is 206 g/mol. The van der Waals surface area contributed by atoms with Crippen LogP contribution >= 0.6 is 11.3 Å². The first kappa shape index (κ1) is 8.01. The summed E-state index contributed by atoms with van der Waals surface area (Å²) in [4.78, 5) is 3.14. The summed E-state index contributed by atoms with van der Waals surface area (Å²) < 4.78 is 0. The number of rotatable bonds is 0. The summed E-state index contributed by atoms with van der Waals surface area (Å²) in [5.41, 5.74) is 4.24. The molecule has 0 aromatic carbocycles. The van der Waals surface area contributed by atoms with Gasteiger partial charge in [0.05, 0.1) is 8.07 Å². The third kappa shape index (κ3) is 0.691. The molecule has 0 fully saturated rings. The largest absolute Gasteiger partial charge is 0.141 e. The van der Waals surface area contributed by atoms with Gasteiger partial charge in [-0.05, 0) is 30.7 Å². The molecular weight excluding hydrogens is 192 g/mol. The Labute approximate surface area is 84.3 Å². The van der Waals surface area contributed by atoms with Crippen LogP contribution in [0.3, 0.4) is 0 Å². The van der Waals surface area contributed by atoms with Crippen molar-refractivity contribution in [3.63, 3.8) is 0 Å². The van der Waals surface area contributed by atoms with E-state index < -0.39 is 8.07 Å². The van der Waals surface area contributed by atoms with Crippen LogP contribution in [0.4, 0.5) is 0 Å². The van der Waals surface area contributed by atoms with E-state index in [1.807, 2.05) is 11.3 Å². The zero-order chi connectivity index (χ0) is 9.38. The van der Waals surface area contributed by atoms with Crippen molar-refractivity contribution in [1.29, 1.82) is 0 Å². The van der Waals surface area contributed by atoms with Crippen LogP contribution in [-0.2, 0) is 0 Å². The van der Waals surface area contributed by atoms with Gasteiger partial charge in [-0.1, -0.05) is 18.7 Å². The van der Waals surface area contributed by atoms with Crippen LogP contribution in [0.15, 0.2) is 11.6 Å². The van der Waals surface area contributed by atoms with E-state index in [0.717, 1.165) is 5.54 Å². The van der Waals surface area contributed by atoms with E-state index in [0.29, 0.717) is 0 Å². The smallest absolute Gasteiger partial charge is 0.0941 e. The first-order valence-corrected chi connectivity index (χ1v) is 8.75. The van der Waals surface area contributed by atoms with Crippen LogP contribution in [0.2, 0.25) is 13.1 Å². The van der Waals surface area contributed by atoms with E-state index in [4.69, 9.17) is 0 Å². The lowest BCUT2D eigenvalue weighted by Crippen LogP contribution is -2.41. The van der Waals surface area contributed by atoms with E-state index >= 15 is 0 Å². The lowest BCUT2D eigenvalue weighted by Gasteiger charge is -2.39. The summed E-state index contributed by atoms with van der Waals surface area (Å²) in [6.45, 7) is 9.59. The second-order valence-electron chi connectivity index (χ2n) is 4.85. The minimum atomic E-state index is -0.995. The van der Waals surface area contributed by atoms with Crippen molar-refractivity contribution in [3.05, 3.63) is 27.0 Å². The van der Waals surface area contributed by atoms with Gasteiger partial charge < -0.3 is 0 Å². The Hall–Kier alpha value is -0.343. The van der Waals surface area contributed by atoms with Gasteiger partial charge in [0.25, 0.3) is 0 Å². The zero-order valence-corrected chi connectivity index (χ0v) is 10.4.